The maximum atomic E-state index is 12.2. The zero-order chi connectivity index (χ0) is 25.3. The van der Waals surface area contributed by atoms with Crippen LogP contribution in [-0.4, -0.2) is 83.7 Å². The topological polar surface area (TPSA) is 126 Å². The fourth-order valence-electron chi connectivity index (χ4n) is 3.42. The average molecular weight is 511 g/mol. The molecule has 3 aromatic rings. The van der Waals surface area contributed by atoms with E-state index in [9.17, 15) is 4.79 Å². The molecular formula is C24H30N8O3S. The molecule has 0 spiro atoms. The van der Waals surface area contributed by atoms with Gasteiger partial charge >= 0.3 is 6.03 Å². The summed E-state index contributed by atoms with van der Waals surface area (Å²) < 4.78 is 11.3. The number of hydrogen-bond donors (Lipinski definition) is 3. The number of ether oxygens (including phenoxy) is 2. The quantitative estimate of drug-likeness (QED) is 0.377. The van der Waals surface area contributed by atoms with Crippen LogP contribution in [0.15, 0.2) is 47.7 Å². The number of methoxy groups -OCH3 is 1. The highest BCUT2D eigenvalue weighted by Gasteiger charge is 2.21. The number of pyridine rings is 1. The van der Waals surface area contributed by atoms with E-state index in [2.05, 4.69) is 35.9 Å². The Kier molecular flexibility index (Phi) is 8.74. The minimum atomic E-state index is -0.302. The molecule has 36 heavy (non-hydrogen) atoms. The van der Waals surface area contributed by atoms with Crippen LogP contribution in [0, 0.1) is 0 Å². The van der Waals surface area contributed by atoms with Crippen LogP contribution in [-0.2, 0) is 0 Å². The Morgan fingerprint density at radius 3 is 2.81 bits per heavy atom. The summed E-state index contributed by atoms with van der Waals surface area (Å²) in [6.45, 7) is 2.53. The number of benzene rings is 1. The Morgan fingerprint density at radius 1 is 1.19 bits per heavy atom. The number of urea groups is 1. The van der Waals surface area contributed by atoms with E-state index < -0.39 is 0 Å². The first-order chi connectivity index (χ1) is 17.5. The van der Waals surface area contributed by atoms with E-state index in [-0.39, 0.29) is 11.3 Å². The number of aromatic nitrogens is 3. The van der Waals surface area contributed by atoms with E-state index in [1.807, 2.05) is 49.3 Å². The second kappa shape index (κ2) is 12.4. The van der Waals surface area contributed by atoms with Crippen molar-refractivity contribution in [2.24, 2.45) is 4.99 Å². The summed E-state index contributed by atoms with van der Waals surface area (Å²) in [5.74, 6) is 1.57. The number of nitrogens with zero attached hydrogens (tertiary/aromatic N) is 5. The lowest BCUT2D eigenvalue weighted by atomic mass is 10.3. The molecule has 1 atom stereocenters. The molecule has 0 aliphatic carbocycles. The molecule has 1 aliphatic heterocycles. The number of para-hydroxylation sites is 1. The van der Waals surface area contributed by atoms with Crippen molar-refractivity contribution in [3.63, 3.8) is 0 Å². The largest absolute Gasteiger partial charge is 0.491 e. The molecule has 3 N–H and O–H groups in total. The van der Waals surface area contributed by atoms with Crippen LogP contribution in [0.3, 0.4) is 0 Å². The van der Waals surface area contributed by atoms with Gasteiger partial charge in [0.15, 0.2) is 16.7 Å². The molecule has 2 amide bonds. The van der Waals surface area contributed by atoms with Gasteiger partial charge in [-0.05, 0) is 32.6 Å². The van der Waals surface area contributed by atoms with Crippen molar-refractivity contribution in [1.29, 1.82) is 0 Å². The fourth-order valence-corrected chi connectivity index (χ4v) is 4.42. The smallest absolute Gasteiger partial charge is 0.325 e. The zero-order valence-corrected chi connectivity index (χ0v) is 21.3. The molecule has 0 bridgehead atoms. The molecule has 3 heterocycles. The summed E-state index contributed by atoms with van der Waals surface area (Å²) >= 11 is 1.56. The fraction of sp³-hybridized carbons (Fsp3) is 0.375. The number of thioether (sulfide) groups is 1. The third-order valence-corrected chi connectivity index (χ3v) is 6.44. The third kappa shape index (κ3) is 6.95. The van der Waals surface area contributed by atoms with Crippen LogP contribution >= 0.6 is 11.8 Å². The molecule has 12 heteroatoms. The summed E-state index contributed by atoms with van der Waals surface area (Å²) in [7, 11) is 5.55. The minimum Gasteiger partial charge on any atom is -0.491 e. The molecule has 4 rings (SSSR count). The lowest BCUT2D eigenvalue weighted by Crippen LogP contribution is -2.32. The van der Waals surface area contributed by atoms with Gasteiger partial charge in [-0.2, -0.15) is 0 Å². The van der Waals surface area contributed by atoms with Gasteiger partial charge in [-0.15, -0.1) is 0 Å². The third-order valence-electron chi connectivity index (χ3n) is 5.27. The standard InChI is InChI=1S/C24H30N8O3S/c1-32(2)11-12-35-22-19(34-3)13-18-20(30-22)21(28-15-27-18)25-10-9-17-14-26-24(36-17)31-23(33)29-16-7-5-4-6-8-16/h4-8,13,15,17H,9-12,14H2,1-3H3,(H,25,27,28)(H2,26,29,31,33). The molecule has 1 unspecified atom stereocenters. The molecule has 0 saturated carbocycles. The summed E-state index contributed by atoms with van der Waals surface area (Å²) in [4.78, 5) is 32.0. The van der Waals surface area contributed by atoms with Crippen molar-refractivity contribution in [3.8, 4) is 11.6 Å². The van der Waals surface area contributed by atoms with E-state index in [4.69, 9.17) is 9.47 Å². The Hall–Kier alpha value is -3.64. The maximum absolute atomic E-state index is 12.2. The second-order valence-corrected chi connectivity index (χ2v) is 9.57. The number of amidine groups is 1. The van der Waals surface area contributed by atoms with Gasteiger partial charge in [-0.1, -0.05) is 30.0 Å². The molecule has 0 fully saturated rings. The first-order valence-corrected chi connectivity index (χ1v) is 12.4. The Bertz CT molecular complexity index is 1210. The van der Waals surface area contributed by atoms with E-state index in [1.165, 1.54) is 6.33 Å². The number of hydrogen-bond acceptors (Lipinski definition) is 10. The SMILES string of the molecule is COc1cc2ncnc(NCCC3CN=C(NC(=O)Nc4ccccc4)S3)c2nc1OCCN(C)C. The van der Waals surface area contributed by atoms with Crippen LogP contribution in [0.25, 0.3) is 11.0 Å². The summed E-state index contributed by atoms with van der Waals surface area (Å²) in [5, 5.41) is 9.84. The Balaban J connectivity index is 1.30. The summed E-state index contributed by atoms with van der Waals surface area (Å²) in [6.07, 6.45) is 2.33. The highest BCUT2D eigenvalue weighted by atomic mass is 32.2. The molecule has 0 saturated heterocycles. The number of carbonyl (C=O) groups is 1. The molecule has 2 aromatic heterocycles. The zero-order valence-electron chi connectivity index (χ0n) is 20.5. The van der Waals surface area contributed by atoms with E-state index in [0.29, 0.717) is 53.3 Å². The molecular weight excluding hydrogens is 480 g/mol. The number of fused-ring (bicyclic) bond motifs is 1. The van der Waals surface area contributed by atoms with Crippen LogP contribution in [0.4, 0.5) is 16.3 Å². The average Bonchev–Trinajstić information content (AvgIpc) is 3.31. The summed E-state index contributed by atoms with van der Waals surface area (Å²) in [5.41, 5.74) is 2.01. The van der Waals surface area contributed by atoms with Gasteiger partial charge in [-0.25, -0.2) is 19.7 Å². The number of anilines is 2. The predicted molar refractivity (Wildman–Crippen MR) is 143 cm³/mol. The molecule has 11 nitrogen and oxygen atoms in total. The normalized spacial score (nSPS) is 15.0. The number of nitrogens with one attached hydrogen (secondary N) is 3. The van der Waals surface area contributed by atoms with E-state index in [0.717, 1.165) is 18.7 Å². The summed E-state index contributed by atoms with van der Waals surface area (Å²) in [6, 6.07) is 10.8. The second-order valence-electron chi connectivity index (χ2n) is 8.28. The van der Waals surface area contributed by atoms with Crippen molar-refractivity contribution in [1.82, 2.24) is 25.2 Å². The monoisotopic (exact) mass is 510 g/mol. The number of amides is 2. The minimum absolute atomic E-state index is 0.246. The maximum Gasteiger partial charge on any atom is 0.325 e. The van der Waals surface area contributed by atoms with E-state index in [1.54, 1.807) is 24.9 Å². The molecule has 1 aliphatic rings. The Labute approximate surface area is 214 Å². The molecule has 190 valence electrons. The van der Waals surface area contributed by atoms with Crippen LogP contribution in [0.1, 0.15) is 6.42 Å². The van der Waals surface area contributed by atoms with Crippen molar-refractivity contribution in [3.05, 3.63) is 42.7 Å². The van der Waals surface area contributed by atoms with Crippen LogP contribution < -0.4 is 25.4 Å². The van der Waals surface area contributed by atoms with Crippen molar-refractivity contribution < 1.29 is 14.3 Å². The van der Waals surface area contributed by atoms with Gasteiger partial charge in [0.05, 0.1) is 19.2 Å². The van der Waals surface area contributed by atoms with Gasteiger partial charge in [0, 0.05) is 30.1 Å². The van der Waals surface area contributed by atoms with Gasteiger partial charge in [-0.3, -0.25) is 10.3 Å². The van der Waals surface area contributed by atoms with Gasteiger partial charge in [0.25, 0.3) is 5.88 Å². The van der Waals surface area contributed by atoms with Crippen molar-refractivity contribution in [2.75, 3.05) is 58.1 Å². The Morgan fingerprint density at radius 2 is 2.03 bits per heavy atom. The molecule has 0 radical (unpaired) electrons. The first kappa shape index (κ1) is 25.5. The lowest BCUT2D eigenvalue weighted by Gasteiger charge is -2.14. The number of carbonyl (C=O) groups excluding carboxylic acids is 1. The van der Waals surface area contributed by atoms with Crippen LogP contribution in [0.2, 0.25) is 0 Å². The molecule has 1 aromatic carbocycles. The number of aliphatic imine (C=N–C) groups is 1. The predicted octanol–water partition coefficient (Wildman–Crippen LogP) is 3.07. The lowest BCUT2D eigenvalue weighted by molar-refractivity contribution is 0.243. The van der Waals surface area contributed by atoms with Gasteiger partial charge in [0.2, 0.25) is 0 Å². The first-order valence-electron chi connectivity index (χ1n) is 11.6. The van der Waals surface area contributed by atoms with E-state index >= 15 is 0 Å². The van der Waals surface area contributed by atoms with Crippen LogP contribution in [0.5, 0.6) is 11.6 Å². The van der Waals surface area contributed by atoms with Crippen molar-refractivity contribution >= 4 is 45.5 Å². The van der Waals surface area contributed by atoms with Crippen molar-refractivity contribution in [2.45, 2.75) is 11.7 Å². The highest BCUT2D eigenvalue weighted by molar-refractivity contribution is 8.14. The number of likely N-dealkylation sites (N-methyl/N-ethyl adjacent to an activating group) is 1. The number of rotatable bonds is 10. The van der Waals surface area contributed by atoms with Gasteiger partial charge in [0.1, 0.15) is 18.5 Å². The van der Waals surface area contributed by atoms with Gasteiger partial charge < -0.3 is 25.0 Å². The highest BCUT2D eigenvalue weighted by Crippen LogP contribution is 2.30.